The number of guanidine groups is 1. The van der Waals surface area contributed by atoms with Crippen molar-refractivity contribution in [2.75, 3.05) is 50.1 Å². The zero-order valence-electron chi connectivity index (χ0n) is 69.3. The van der Waals surface area contributed by atoms with Crippen LogP contribution in [-0.2, 0) is 83.1 Å². The Labute approximate surface area is 701 Å². The molecule has 0 unspecified atom stereocenters. The highest BCUT2D eigenvalue weighted by Gasteiger charge is 2.42. The van der Waals surface area contributed by atoms with E-state index in [1.807, 2.05) is 0 Å². The van der Waals surface area contributed by atoms with Crippen molar-refractivity contribution in [1.82, 2.24) is 58.1 Å². The Morgan fingerprint density at radius 1 is 0.559 bits per heavy atom. The number of carbonyl (C=O) groups is 15. The Bertz CT molecular complexity index is 3340. The van der Waals surface area contributed by atoms with Gasteiger partial charge in [-0.25, -0.2) is 4.79 Å². The van der Waals surface area contributed by atoms with E-state index in [9.17, 15) is 97.5 Å². The van der Waals surface area contributed by atoms with E-state index >= 15 is 0 Å². The van der Waals surface area contributed by atoms with E-state index in [2.05, 4.69) is 77.7 Å². The second-order valence-corrected chi connectivity index (χ2v) is 32.0. The van der Waals surface area contributed by atoms with Crippen molar-refractivity contribution in [3.63, 3.8) is 0 Å². The van der Waals surface area contributed by atoms with Gasteiger partial charge in [-0.05, 0) is 95.1 Å². The third-order valence-electron chi connectivity index (χ3n) is 19.6. The number of carboxylic acids is 3. The van der Waals surface area contributed by atoms with Gasteiger partial charge >= 0.3 is 23.9 Å². The molecule has 1 aliphatic heterocycles. The summed E-state index contributed by atoms with van der Waals surface area (Å²) in [5, 5.41) is 75.7. The molecule has 1 heterocycles. The number of carbonyl (C=O) groups excluding carboxylic acids is 12. The number of aliphatic imine (C=N–C) groups is 1. The molecule has 0 radical (unpaired) electrons. The van der Waals surface area contributed by atoms with Gasteiger partial charge in [0.2, 0.25) is 65.0 Å². The fraction of sp³-hybridized carbons (Fsp3) is 0.722. The van der Waals surface area contributed by atoms with Gasteiger partial charge in [-0.3, -0.25) is 72.1 Å². The molecule has 0 aromatic heterocycles. The first kappa shape index (κ1) is 105. The van der Waals surface area contributed by atoms with Gasteiger partial charge in [0.05, 0.1) is 25.2 Å². The fourth-order valence-corrected chi connectivity index (χ4v) is 13.9. The summed E-state index contributed by atoms with van der Waals surface area (Å²) in [5.41, 5.74) is 23.3. The minimum Gasteiger partial charge on any atom is -0.481 e. The van der Waals surface area contributed by atoms with Crippen molar-refractivity contribution in [2.24, 2.45) is 39.8 Å². The number of nitrogens with two attached hydrogens (primary N) is 4. The van der Waals surface area contributed by atoms with Gasteiger partial charge in [0.25, 0.3) is 0 Å². The molecule has 1 aromatic rings. The monoisotopic (exact) mass is 1710 g/mol. The summed E-state index contributed by atoms with van der Waals surface area (Å²) in [7, 11) is 0. The van der Waals surface area contributed by atoms with Crippen molar-refractivity contribution < 1.29 is 102 Å². The van der Waals surface area contributed by atoms with Gasteiger partial charge in [0.15, 0.2) is 5.96 Å². The number of amides is 11. The predicted octanol–water partition coefficient (Wildman–Crippen LogP) is 0.545. The van der Waals surface area contributed by atoms with Crippen molar-refractivity contribution in [2.45, 2.75) is 300 Å². The van der Waals surface area contributed by atoms with Crippen LogP contribution in [0.15, 0.2) is 35.3 Å². The lowest BCUT2D eigenvalue weighted by Gasteiger charge is -2.31. The number of rotatable bonds is 64. The molecular weight excluding hydrogens is 1570 g/mol. The third kappa shape index (κ3) is 43.2. The molecule has 0 aliphatic carbocycles. The highest BCUT2D eigenvalue weighted by atomic mass is 32.2. The van der Waals surface area contributed by atoms with Crippen LogP contribution in [0, 0.1) is 11.8 Å². The van der Waals surface area contributed by atoms with Crippen LogP contribution in [0.5, 0.6) is 0 Å². The topological polar surface area (TPSA) is 606 Å². The number of aliphatic hydroxyl groups is 2. The number of ether oxygens (including phenoxy) is 1. The number of esters is 1. The smallest absolute Gasteiger partial charge is 0.327 e. The number of nitrogens with zero attached hydrogens (tertiary/aromatic N) is 2. The maximum Gasteiger partial charge on any atom is 0.327 e. The molecule has 0 spiro atoms. The second kappa shape index (κ2) is 59.7. The Kier molecular flexibility index (Phi) is 53.2. The number of aliphatic carboxylic acids is 3. The molecule has 1 aliphatic rings. The molecule has 118 heavy (non-hydrogen) atoms. The molecular formula is C79H134N16O21S2. The lowest BCUT2D eigenvalue weighted by Crippen LogP contribution is -2.62. The van der Waals surface area contributed by atoms with Gasteiger partial charge in [-0.15, -0.1) is 0 Å². The number of hydrogen-bond donors (Lipinski definition) is 20. The summed E-state index contributed by atoms with van der Waals surface area (Å²) in [6.07, 6.45) is 14.2. The summed E-state index contributed by atoms with van der Waals surface area (Å²) in [4.78, 5) is 209. The summed E-state index contributed by atoms with van der Waals surface area (Å²) in [6, 6.07) is -10.4. The molecule has 13 atom stereocenters. The van der Waals surface area contributed by atoms with Crippen molar-refractivity contribution in [3.8, 4) is 0 Å². The number of aliphatic hydroxyl groups excluding tert-OH is 2. The normalized spacial score (nSPS) is 15.6. The molecule has 39 heteroatoms. The molecule has 23 N–H and O–H groups in total. The van der Waals surface area contributed by atoms with Crippen LogP contribution in [0.1, 0.15) is 220 Å². The lowest BCUT2D eigenvalue weighted by molar-refractivity contribution is -0.143. The Balaban J connectivity index is 2.29. The molecule has 1 aromatic carbocycles. The zero-order chi connectivity index (χ0) is 88.2. The summed E-state index contributed by atoms with van der Waals surface area (Å²) < 4.78 is 5.37. The average Bonchev–Trinajstić information content (AvgIpc) is 1.61. The molecule has 0 bridgehead atoms. The minimum atomic E-state index is -1.90. The fourth-order valence-electron chi connectivity index (χ4n) is 12.8. The van der Waals surface area contributed by atoms with Crippen LogP contribution in [0.4, 0.5) is 0 Å². The van der Waals surface area contributed by atoms with Gasteiger partial charge in [0.1, 0.15) is 73.1 Å². The number of likely N-dealkylation sites (tertiary alicyclic amines) is 1. The van der Waals surface area contributed by atoms with Gasteiger partial charge in [0, 0.05) is 49.6 Å². The van der Waals surface area contributed by atoms with Crippen LogP contribution in [-0.4, -0.2) is 254 Å². The highest BCUT2D eigenvalue weighted by Crippen LogP contribution is 2.22. The third-order valence-corrected chi connectivity index (χ3v) is 21.0. The van der Waals surface area contributed by atoms with Crippen LogP contribution >= 0.6 is 24.4 Å². The predicted molar refractivity (Wildman–Crippen MR) is 446 cm³/mol. The number of thiol groups is 1. The van der Waals surface area contributed by atoms with E-state index in [1.165, 1.54) is 70.6 Å². The number of carboxylic acid groups (broad SMARTS) is 3. The van der Waals surface area contributed by atoms with Crippen LogP contribution in [0.2, 0.25) is 0 Å². The van der Waals surface area contributed by atoms with Crippen molar-refractivity contribution in [1.29, 1.82) is 0 Å². The molecule has 1 fully saturated rings. The number of thioether (sulfide) groups is 1. The summed E-state index contributed by atoms with van der Waals surface area (Å²) in [6.45, 7) is 8.90. The molecule has 0 saturated carbocycles. The van der Waals surface area contributed by atoms with E-state index in [4.69, 9.17) is 27.7 Å². The van der Waals surface area contributed by atoms with Gasteiger partial charge in [-0.2, -0.15) is 24.4 Å². The summed E-state index contributed by atoms with van der Waals surface area (Å²) in [5.74, 6) is -17.2. The zero-order valence-corrected chi connectivity index (χ0v) is 71.0. The second-order valence-electron chi connectivity index (χ2n) is 30.5. The van der Waals surface area contributed by atoms with Gasteiger partial charge < -0.3 is 111 Å². The maximum absolute atomic E-state index is 14.8. The first-order valence-corrected chi connectivity index (χ1v) is 43.1. The molecule has 11 amide bonds. The van der Waals surface area contributed by atoms with E-state index in [1.54, 1.807) is 58.0 Å². The molecule has 2 rings (SSSR count). The SMILES string of the molecule is CCCCCCCCCCCCCCCCCC(=O)OCCSC[C@H](NC(=O)[C@H](CCCCN)NC(=O)[C@H](CCC(=O)O)NC(=O)[C@@H](NC(=O)[C@@H]1CCCN1C(=O)[C@H](CCCN=C(N)N)NC(=O)[C@H](CO)NC(=O)[C@H](CC(C)C)NC(=O)[C@H](Cc1ccccc1)NC(=O)[C@H](CS)NC(=O)[C@H](CC(=O)O)NC(=O)[C@@H](N)C(C)C)[C@@H](C)O)C(=O)O. The van der Waals surface area contributed by atoms with E-state index < -0.39 is 199 Å². The number of unbranched alkanes of at least 4 members (excludes halogenated alkanes) is 15. The van der Waals surface area contributed by atoms with E-state index in [-0.39, 0.29) is 113 Å². The molecule has 1 saturated heterocycles. The number of benzene rings is 1. The Morgan fingerprint density at radius 2 is 1.05 bits per heavy atom. The highest BCUT2D eigenvalue weighted by molar-refractivity contribution is 7.99. The molecule has 37 nitrogen and oxygen atoms in total. The van der Waals surface area contributed by atoms with E-state index in [0.717, 1.165) is 42.8 Å². The summed E-state index contributed by atoms with van der Waals surface area (Å²) >= 11 is 5.31. The Morgan fingerprint density at radius 3 is 1.59 bits per heavy atom. The molecule has 668 valence electrons. The lowest BCUT2D eigenvalue weighted by atomic mass is 10.0. The van der Waals surface area contributed by atoms with Crippen LogP contribution < -0.4 is 76.1 Å². The van der Waals surface area contributed by atoms with Crippen LogP contribution in [0.3, 0.4) is 0 Å². The van der Waals surface area contributed by atoms with Crippen LogP contribution in [0.25, 0.3) is 0 Å². The standard InChI is InChI=1S/C79H134N16O21S2/c1-7-8-9-10-11-12-13-14-15-16-17-18-19-20-24-34-64(102)116-40-41-118-47-60(78(114)115)93-67(103)52(31-25-26-37-80)85-68(104)53(35-36-62(98)99)86-76(112)66(50(6)97)94-74(110)61-33-28-39-95(61)77(113)54(32-27-38-84-79(82)83)87-72(108)58(45-96)91-69(105)55(42-48(2)3)88-70(106)56(43-51-29-22-21-23-30-51)89-73(109)59(46-117)92-71(107)57(44-63(100)101)90-75(111)65(81)49(4)5/h21-23,29-30,48-50,52-61,65-66,96-97,117H,7-20,24-28,31-47,80-81H2,1-6H3,(H,85,104)(H,86,112)(H,87,108)(H,88,106)(H,89,109)(H,90,111)(H,91,105)(H,92,107)(H,93,103)(H,94,110)(H,98,99)(H,100,101)(H,114,115)(H4,82,83,84)/t50-,52+,53+,54+,55+,56+,57+,58+,59+,60+,61+,65+,66+/m1/s1. The first-order valence-electron chi connectivity index (χ1n) is 41.3. The van der Waals surface area contributed by atoms with Gasteiger partial charge in [-0.1, -0.05) is 155 Å². The van der Waals surface area contributed by atoms with Crippen molar-refractivity contribution >= 4 is 119 Å². The maximum atomic E-state index is 14.8. The average molecular weight is 1710 g/mol. The van der Waals surface area contributed by atoms with E-state index in [0.29, 0.717) is 18.4 Å². The van der Waals surface area contributed by atoms with Crippen molar-refractivity contribution in [3.05, 3.63) is 35.9 Å². The largest absolute Gasteiger partial charge is 0.481 e. The first-order chi connectivity index (χ1) is 56.1. The number of nitrogens with one attached hydrogen (secondary N) is 10. The number of hydrogen-bond acceptors (Lipinski definition) is 23. The minimum absolute atomic E-state index is 0.00676. The quantitative estimate of drug-likeness (QED) is 0.0139. The Hall–Kier alpha value is -8.92.